The van der Waals surface area contributed by atoms with Crippen molar-refractivity contribution >= 4 is 52.5 Å². The number of rotatable bonds is 3. The van der Waals surface area contributed by atoms with Gasteiger partial charge >= 0.3 is 0 Å². The Morgan fingerprint density at radius 3 is 2.48 bits per heavy atom. The summed E-state index contributed by atoms with van der Waals surface area (Å²) >= 11 is 11.1. The highest BCUT2D eigenvalue weighted by molar-refractivity contribution is 7.80. The highest BCUT2D eigenvalue weighted by atomic mass is 35.5. The highest BCUT2D eigenvalue weighted by Gasteiger charge is 2.35. The number of anilines is 1. The van der Waals surface area contributed by atoms with Crippen LogP contribution in [0.1, 0.15) is 11.3 Å². The molecule has 1 saturated heterocycles. The molecule has 1 aliphatic heterocycles. The Morgan fingerprint density at radius 1 is 1.10 bits per heavy atom. The molecule has 4 rings (SSSR count). The molecule has 6 nitrogen and oxygen atoms in total. The van der Waals surface area contributed by atoms with Crippen LogP contribution in [-0.4, -0.2) is 22.1 Å². The lowest BCUT2D eigenvalue weighted by Crippen LogP contribution is -2.54. The van der Waals surface area contributed by atoms with Gasteiger partial charge in [0, 0.05) is 16.1 Å². The number of carbonyl (C=O) groups excluding carboxylic acids is 2. The van der Waals surface area contributed by atoms with E-state index in [0.29, 0.717) is 27.7 Å². The molecule has 0 aliphatic carbocycles. The van der Waals surface area contributed by atoms with E-state index >= 15 is 0 Å². The van der Waals surface area contributed by atoms with E-state index in [1.54, 1.807) is 31.2 Å². The monoisotopic (exact) mass is 423 g/mol. The van der Waals surface area contributed by atoms with Crippen LogP contribution >= 0.6 is 23.8 Å². The predicted molar refractivity (Wildman–Crippen MR) is 114 cm³/mol. The molecule has 0 saturated carbocycles. The van der Waals surface area contributed by atoms with E-state index in [1.165, 1.54) is 11.0 Å². The van der Waals surface area contributed by atoms with Gasteiger partial charge in [-0.1, -0.05) is 47.1 Å². The molecule has 1 aliphatic rings. The first-order valence-electron chi connectivity index (χ1n) is 8.64. The van der Waals surface area contributed by atoms with Gasteiger partial charge in [0.25, 0.3) is 11.8 Å². The summed E-state index contributed by atoms with van der Waals surface area (Å²) in [6, 6.07) is 15.9. The lowest BCUT2D eigenvalue weighted by molar-refractivity contribution is -0.122. The number of hydrogen-bond donors (Lipinski definition) is 1. The summed E-state index contributed by atoms with van der Waals surface area (Å²) in [5, 5.41) is 7.08. The van der Waals surface area contributed by atoms with E-state index in [1.807, 2.05) is 30.3 Å². The van der Waals surface area contributed by atoms with Crippen molar-refractivity contribution in [2.24, 2.45) is 0 Å². The zero-order valence-electron chi connectivity index (χ0n) is 15.2. The van der Waals surface area contributed by atoms with Gasteiger partial charge in [0.2, 0.25) is 0 Å². The fraction of sp³-hybridized carbons (Fsp3) is 0.0476. The summed E-state index contributed by atoms with van der Waals surface area (Å²) in [6.45, 7) is 1.75. The Morgan fingerprint density at radius 2 is 1.79 bits per heavy atom. The Kier molecular flexibility index (Phi) is 5.00. The summed E-state index contributed by atoms with van der Waals surface area (Å²) < 4.78 is 5.45. The van der Waals surface area contributed by atoms with Gasteiger partial charge in [0.15, 0.2) is 10.9 Å². The Labute approximate surface area is 176 Å². The van der Waals surface area contributed by atoms with E-state index in [0.717, 1.165) is 5.56 Å². The van der Waals surface area contributed by atoms with Crippen molar-refractivity contribution in [3.8, 4) is 11.3 Å². The van der Waals surface area contributed by atoms with E-state index in [4.69, 9.17) is 28.3 Å². The summed E-state index contributed by atoms with van der Waals surface area (Å²) in [7, 11) is 0. The van der Waals surface area contributed by atoms with Crippen LogP contribution in [0.5, 0.6) is 0 Å². The van der Waals surface area contributed by atoms with Crippen LogP contribution in [0.25, 0.3) is 17.4 Å². The van der Waals surface area contributed by atoms with Crippen molar-refractivity contribution in [2.45, 2.75) is 6.92 Å². The van der Waals surface area contributed by atoms with E-state index in [-0.39, 0.29) is 10.7 Å². The first-order chi connectivity index (χ1) is 14.0. The molecule has 2 amide bonds. The Bertz CT molecular complexity index is 1150. The van der Waals surface area contributed by atoms with Crippen molar-refractivity contribution in [2.75, 3.05) is 4.90 Å². The molecular formula is C21H14ClN3O3S. The fourth-order valence-corrected chi connectivity index (χ4v) is 3.38. The molecule has 2 heterocycles. The first kappa shape index (κ1) is 19.0. The number of amides is 2. The largest absolute Gasteiger partial charge is 0.355 e. The molecule has 29 heavy (non-hydrogen) atoms. The van der Waals surface area contributed by atoms with Crippen molar-refractivity contribution < 1.29 is 14.1 Å². The first-order valence-corrected chi connectivity index (χ1v) is 9.43. The van der Waals surface area contributed by atoms with Crippen molar-refractivity contribution in [3.63, 3.8) is 0 Å². The molecule has 2 aromatic carbocycles. The molecule has 0 radical (unpaired) electrons. The number of halogens is 1. The fourth-order valence-electron chi connectivity index (χ4n) is 2.97. The van der Waals surface area contributed by atoms with Crippen molar-refractivity contribution in [3.05, 3.63) is 76.5 Å². The molecule has 8 heteroatoms. The Balaban J connectivity index is 1.78. The van der Waals surface area contributed by atoms with Crippen LogP contribution in [0, 0.1) is 6.92 Å². The highest BCUT2D eigenvalue weighted by Crippen LogP contribution is 2.30. The van der Waals surface area contributed by atoms with Gasteiger partial charge in [-0.25, -0.2) is 0 Å². The van der Waals surface area contributed by atoms with E-state index in [9.17, 15) is 9.59 Å². The molecular weight excluding hydrogens is 410 g/mol. The smallest absolute Gasteiger partial charge is 0.270 e. The molecule has 1 fully saturated rings. The minimum absolute atomic E-state index is 0.00444. The summed E-state index contributed by atoms with van der Waals surface area (Å²) in [5.74, 6) is -0.645. The quantitative estimate of drug-likeness (QED) is 0.389. The van der Waals surface area contributed by atoms with E-state index < -0.39 is 11.8 Å². The second-order valence-corrected chi connectivity index (χ2v) is 7.13. The Hall–Kier alpha value is -3.29. The average Bonchev–Trinajstić information content (AvgIpc) is 3.07. The zero-order chi connectivity index (χ0) is 20.5. The number of carbonyl (C=O) groups is 2. The minimum atomic E-state index is -0.579. The molecule has 0 unspecified atom stereocenters. The second kappa shape index (κ2) is 7.62. The number of hydrogen-bond acceptors (Lipinski definition) is 5. The van der Waals surface area contributed by atoms with Crippen LogP contribution < -0.4 is 10.2 Å². The molecule has 3 aromatic rings. The SMILES string of the molecule is Cc1noc(-c2ccccc2)c1/C=C1\C(=O)NC(=S)N(c2ccc(Cl)cc2)C1=O. The number of benzene rings is 2. The van der Waals surface area contributed by atoms with Crippen molar-refractivity contribution in [1.82, 2.24) is 10.5 Å². The third-order valence-corrected chi connectivity index (χ3v) is 4.96. The number of nitrogens with zero attached hydrogens (tertiary/aromatic N) is 2. The summed E-state index contributed by atoms with van der Waals surface area (Å²) in [6.07, 6.45) is 1.48. The predicted octanol–water partition coefficient (Wildman–Crippen LogP) is 4.13. The standard InChI is InChI=1S/C21H14ClN3O3S/c1-12-16(18(28-24-12)13-5-3-2-4-6-13)11-17-19(26)23-21(29)25(20(17)27)15-9-7-14(22)8-10-15/h2-11H,1H3,(H,23,26,29)/b17-11+. The average molecular weight is 424 g/mol. The lowest BCUT2D eigenvalue weighted by atomic mass is 10.0. The maximum absolute atomic E-state index is 13.1. The van der Waals surface area contributed by atoms with Crippen LogP contribution in [0.15, 0.2) is 64.7 Å². The van der Waals surface area contributed by atoms with Gasteiger partial charge in [0.05, 0.1) is 11.4 Å². The van der Waals surface area contributed by atoms with Gasteiger partial charge in [-0.2, -0.15) is 0 Å². The summed E-state index contributed by atoms with van der Waals surface area (Å²) in [4.78, 5) is 26.9. The third kappa shape index (κ3) is 3.57. The van der Waals surface area contributed by atoms with Crippen molar-refractivity contribution in [1.29, 1.82) is 0 Å². The maximum Gasteiger partial charge on any atom is 0.270 e. The van der Waals surface area contributed by atoms with Crippen LogP contribution in [0.3, 0.4) is 0 Å². The van der Waals surface area contributed by atoms with E-state index in [2.05, 4.69) is 10.5 Å². The number of nitrogens with one attached hydrogen (secondary N) is 1. The molecule has 1 aromatic heterocycles. The molecule has 0 atom stereocenters. The molecule has 0 bridgehead atoms. The topological polar surface area (TPSA) is 75.4 Å². The van der Waals surface area contributed by atoms with Crippen LogP contribution in [-0.2, 0) is 9.59 Å². The van der Waals surface area contributed by atoms with Gasteiger partial charge < -0.3 is 4.52 Å². The van der Waals surface area contributed by atoms with Crippen LogP contribution in [0.2, 0.25) is 5.02 Å². The minimum Gasteiger partial charge on any atom is -0.355 e. The lowest BCUT2D eigenvalue weighted by Gasteiger charge is -2.28. The van der Waals surface area contributed by atoms with Crippen LogP contribution in [0.4, 0.5) is 5.69 Å². The van der Waals surface area contributed by atoms with Gasteiger partial charge in [-0.15, -0.1) is 0 Å². The van der Waals surface area contributed by atoms with Gasteiger partial charge in [0.1, 0.15) is 5.57 Å². The molecule has 144 valence electrons. The number of thiocarbonyl (C=S) groups is 1. The molecule has 1 N–H and O–H groups in total. The number of aromatic nitrogens is 1. The summed E-state index contributed by atoms with van der Waals surface area (Å²) in [5.41, 5.74) is 2.33. The van der Waals surface area contributed by atoms with Gasteiger partial charge in [-0.3, -0.25) is 19.8 Å². The maximum atomic E-state index is 13.1. The second-order valence-electron chi connectivity index (χ2n) is 6.31. The normalized spacial score (nSPS) is 15.7. The van der Waals surface area contributed by atoms with Gasteiger partial charge in [-0.05, 0) is 49.5 Å². The number of aryl methyl sites for hydroxylation is 1. The third-order valence-electron chi connectivity index (χ3n) is 4.42. The zero-order valence-corrected chi connectivity index (χ0v) is 16.8. The molecule has 0 spiro atoms.